The van der Waals surface area contributed by atoms with Gasteiger partial charge >= 0.3 is 0 Å². The number of aromatic nitrogens is 3. The van der Waals surface area contributed by atoms with Gasteiger partial charge in [0.15, 0.2) is 5.65 Å². The fourth-order valence-electron chi connectivity index (χ4n) is 1.37. The van der Waals surface area contributed by atoms with Crippen LogP contribution in [0.1, 0.15) is 11.3 Å². The van der Waals surface area contributed by atoms with Crippen LogP contribution in [0.5, 0.6) is 0 Å². The van der Waals surface area contributed by atoms with Gasteiger partial charge in [0.05, 0.1) is 5.69 Å². The van der Waals surface area contributed by atoms with Gasteiger partial charge in [-0.2, -0.15) is 5.26 Å². The number of hydrogen-bond donors (Lipinski definition) is 1. The molecule has 1 N–H and O–H groups in total. The minimum Gasteiger partial charge on any atom is -0.372 e. The molecule has 14 heavy (non-hydrogen) atoms. The molecule has 0 aliphatic heterocycles. The maximum absolute atomic E-state index is 8.97. The summed E-state index contributed by atoms with van der Waals surface area (Å²) in [4.78, 5) is 8.35. The molecule has 0 fully saturated rings. The highest BCUT2D eigenvalue weighted by Gasteiger charge is 2.09. The number of anilines is 1. The van der Waals surface area contributed by atoms with E-state index in [1.54, 1.807) is 17.8 Å². The zero-order valence-corrected chi connectivity index (χ0v) is 7.94. The van der Waals surface area contributed by atoms with Gasteiger partial charge < -0.3 is 5.32 Å². The Hall–Kier alpha value is -2.09. The van der Waals surface area contributed by atoms with E-state index in [1.165, 1.54) is 0 Å². The Morgan fingerprint density at radius 1 is 1.57 bits per heavy atom. The predicted octanol–water partition coefficient (Wildman–Crippen LogP) is 0.951. The Kier molecular flexibility index (Phi) is 1.82. The molecule has 0 saturated carbocycles. The summed E-state index contributed by atoms with van der Waals surface area (Å²) in [7, 11) is 1.73. The van der Waals surface area contributed by atoms with E-state index in [1.807, 2.05) is 13.1 Å². The third-order valence-electron chi connectivity index (χ3n) is 1.97. The van der Waals surface area contributed by atoms with Crippen LogP contribution in [0.2, 0.25) is 0 Å². The largest absolute Gasteiger partial charge is 0.372 e. The molecule has 0 radical (unpaired) electrons. The number of fused-ring (bicyclic) bond motifs is 1. The highest BCUT2D eigenvalue weighted by Crippen LogP contribution is 2.16. The van der Waals surface area contributed by atoms with Crippen molar-refractivity contribution in [1.29, 1.82) is 5.26 Å². The van der Waals surface area contributed by atoms with Gasteiger partial charge in [-0.25, -0.2) is 9.97 Å². The van der Waals surface area contributed by atoms with Crippen molar-refractivity contribution in [2.75, 3.05) is 12.4 Å². The molecule has 2 heterocycles. The van der Waals surface area contributed by atoms with Crippen molar-refractivity contribution in [2.45, 2.75) is 6.92 Å². The zero-order chi connectivity index (χ0) is 10.1. The van der Waals surface area contributed by atoms with E-state index in [9.17, 15) is 0 Å². The Balaban J connectivity index is 2.84. The lowest BCUT2D eigenvalue weighted by atomic mass is 10.3. The Morgan fingerprint density at radius 3 is 3.00 bits per heavy atom. The molecule has 0 saturated heterocycles. The van der Waals surface area contributed by atoms with Crippen molar-refractivity contribution in [3.8, 4) is 6.07 Å². The van der Waals surface area contributed by atoms with Gasteiger partial charge in [-0.1, -0.05) is 0 Å². The topological polar surface area (TPSA) is 66.0 Å². The van der Waals surface area contributed by atoms with Crippen molar-refractivity contribution in [3.05, 3.63) is 23.8 Å². The first-order valence-corrected chi connectivity index (χ1v) is 4.18. The standard InChI is InChI=1S/C9H9N5/c1-6-4-14-5-12-8(11-2)7(3-10)9(14)13-6/h4-5,11H,1-2H3. The third-order valence-corrected chi connectivity index (χ3v) is 1.97. The van der Waals surface area contributed by atoms with Crippen LogP contribution in [-0.2, 0) is 0 Å². The third kappa shape index (κ3) is 1.09. The number of nitrogens with zero attached hydrogens (tertiary/aromatic N) is 4. The van der Waals surface area contributed by atoms with E-state index in [2.05, 4.69) is 21.4 Å². The zero-order valence-electron chi connectivity index (χ0n) is 7.94. The molecule has 2 aromatic rings. The summed E-state index contributed by atoms with van der Waals surface area (Å²) >= 11 is 0. The summed E-state index contributed by atoms with van der Waals surface area (Å²) in [5.41, 5.74) is 1.99. The minimum atomic E-state index is 0.475. The van der Waals surface area contributed by atoms with Gasteiger partial charge in [0.2, 0.25) is 0 Å². The lowest BCUT2D eigenvalue weighted by molar-refractivity contribution is 1.07. The van der Waals surface area contributed by atoms with Gasteiger partial charge in [-0.05, 0) is 6.92 Å². The van der Waals surface area contributed by atoms with Gasteiger partial charge in [0.1, 0.15) is 23.8 Å². The number of rotatable bonds is 1. The average Bonchev–Trinajstić information content (AvgIpc) is 2.56. The van der Waals surface area contributed by atoms with E-state index in [0.29, 0.717) is 17.0 Å². The molecular weight excluding hydrogens is 178 g/mol. The second-order valence-corrected chi connectivity index (χ2v) is 2.94. The monoisotopic (exact) mass is 187 g/mol. The summed E-state index contributed by atoms with van der Waals surface area (Å²) in [6, 6.07) is 2.09. The molecular formula is C9H9N5. The van der Waals surface area contributed by atoms with Crippen molar-refractivity contribution in [2.24, 2.45) is 0 Å². The maximum atomic E-state index is 8.97. The Morgan fingerprint density at radius 2 is 2.36 bits per heavy atom. The molecule has 0 amide bonds. The fourth-order valence-corrected chi connectivity index (χ4v) is 1.37. The first-order valence-electron chi connectivity index (χ1n) is 4.18. The molecule has 2 rings (SSSR count). The van der Waals surface area contributed by atoms with Crippen molar-refractivity contribution in [1.82, 2.24) is 14.4 Å². The highest BCUT2D eigenvalue weighted by atomic mass is 15.1. The molecule has 5 nitrogen and oxygen atoms in total. The van der Waals surface area contributed by atoms with Crippen LogP contribution in [0.3, 0.4) is 0 Å². The number of nitriles is 1. The van der Waals surface area contributed by atoms with E-state index in [0.717, 1.165) is 5.69 Å². The molecule has 0 unspecified atom stereocenters. The van der Waals surface area contributed by atoms with Crippen LogP contribution in [0.25, 0.3) is 5.65 Å². The molecule has 0 aliphatic carbocycles. The molecule has 70 valence electrons. The summed E-state index contributed by atoms with van der Waals surface area (Å²) in [5.74, 6) is 0.561. The summed E-state index contributed by atoms with van der Waals surface area (Å²) < 4.78 is 1.74. The van der Waals surface area contributed by atoms with Crippen LogP contribution in [0.4, 0.5) is 5.82 Å². The number of aryl methyl sites for hydroxylation is 1. The second kappa shape index (κ2) is 3.00. The molecule has 5 heteroatoms. The van der Waals surface area contributed by atoms with Gasteiger partial charge in [-0.15, -0.1) is 0 Å². The Labute approximate surface area is 81.0 Å². The molecule has 0 atom stereocenters. The minimum absolute atomic E-state index is 0.475. The lowest BCUT2D eigenvalue weighted by Gasteiger charge is -2.01. The van der Waals surface area contributed by atoms with E-state index >= 15 is 0 Å². The normalized spacial score (nSPS) is 10.1. The molecule has 0 aliphatic rings. The number of nitrogens with one attached hydrogen (secondary N) is 1. The second-order valence-electron chi connectivity index (χ2n) is 2.94. The van der Waals surface area contributed by atoms with E-state index in [4.69, 9.17) is 5.26 Å². The van der Waals surface area contributed by atoms with Crippen molar-refractivity contribution >= 4 is 11.5 Å². The van der Waals surface area contributed by atoms with Crippen molar-refractivity contribution < 1.29 is 0 Å². The first kappa shape index (κ1) is 8.51. The summed E-state index contributed by atoms with van der Waals surface area (Å²) in [6.45, 7) is 1.88. The molecule has 0 bridgehead atoms. The maximum Gasteiger partial charge on any atom is 0.159 e. The van der Waals surface area contributed by atoms with E-state index < -0.39 is 0 Å². The summed E-state index contributed by atoms with van der Waals surface area (Å²) in [5, 5.41) is 11.8. The SMILES string of the molecule is CNc1ncn2cc(C)nc2c1C#N. The lowest BCUT2D eigenvalue weighted by Crippen LogP contribution is -1.99. The van der Waals surface area contributed by atoms with Crippen LogP contribution in [0, 0.1) is 18.3 Å². The molecule has 0 spiro atoms. The summed E-state index contributed by atoms with van der Waals surface area (Å²) in [6.07, 6.45) is 3.48. The number of imidazole rings is 1. The van der Waals surface area contributed by atoms with Crippen LogP contribution in [0.15, 0.2) is 12.5 Å². The first-order chi connectivity index (χ1) is 6.76. The van der Waals surface area contributed by atoms with Gasteiger partial charge in [-0.3, -0.25) is 4.40 Å². The molecule has 2 aromatic heterocycles. The molecule has 0 aromatic carbocycles. The van der Waals surface area contributed by atoms with Crippen LogP contribution >= 0.6 is 0 Å². The quantitative estimate of drug-likeness (QED) is 0.721. The van der Waals surface area contributed by atoms with Crippen LogP contribution < -0.4 is 5.32 Å². The Bertz CT molecular complexity index is 520. The van der Waals surface area contributed by atoms with E-state index in [-0.39, 0.29) is 0 Å². The van der Waals surface area contributed by atoms with Gasteiger partial charge in [0.25, 0.3) is 0 Å². The predicted molar refractivity (Wildman–Crippen MR) is 52.0 cm³/mol. The fraction of sp³-hybridized carbons (Fsp3) is 0.222. The number of hydrogen-bond acceptors (Lipinski definition) is 4. The average molecular weight is 187 g/mol. The smallest absolute Gasteiger partial charge is 0.159 e. The van der Waals surface area contributed by atoms with Crippen molar-refractivity contribution in [3.63, 3.8) is 0 Å². The highest BCUT2D eigenvalue weighted by molar-refractivity contribution is 5.66. The van der Waals surface area contributed by atoms with Crippen LogP contribution in [-0.4, -0.2) is 21.4 Å². The van der Waals surface area contributed by atoms with Gasteiger partial charge in [0, 0.05) is 13.2 Å².